The number of hydrogen-bond donors (Lipinski definition) is 2. The summed E-state index contributed by atoms with van der Waals surface area (Å²) in [5, 5.41) is 2.94. The molecule has 0 fully saturated rings. The van der Waals surface area contributed by atoms with Gasteiger partial charge in [0.15, 0.2) is 0 Å². The highest BCUT2D eigenvalue weighted by atomic mass is 127. The van der Waals surface area contributed by atoms with Gasteiger partial charge in [-0.15, -0.1) is 0 Å². The molecule has 122 valence electrons. The highest BCUT2D eigenvalue weighted by Gasteiger charge is 2.11. The third kappa shape index (κ3) is 5.43. The average Bonchev–Trinajstić information content (AvgIpc) is 2.61. The summed E-state index contributed by atoms with van der Waals surface area (Å²) in [6, 6.07) is 7.51. The number of anilines is 1. The van der Waals surface area contributed by atoms with Gasteiger partial charge in [-0.25, -0.2) is 4.98 Å². The molecule has 0 unspecified atom stereocenters. The van der Waals surface area contributed by atoms with Crippen molar-refractivity contribution in [3.8, 4) is 0 Å². The maximum Gasteiger partial charge on any atom is 0.255 e. The fraction of sp³-hybridized carbons (Fsp3) is 0.312. The molecule has 0 aliphatic heterocycles. The third-order valence-corrected chi connectivity index (χ3v) is 3.94. The smallest absolute Gasteiger partial charge is 0.255 e. The molecule has 2 aromatic heterocycles. The summed E-state index contributed by atoms with van der Waals surface area (Å²) in [7, 11) is 0. The van der Waals surface area contributed by atoms with Crippen molar-refractivity contribution in [1.82, 2.24) is 20.2 Å². The first-order chi connectivity index (χ1) is 11.2. The van der Waals surface area contributed by atoms with Crippen molar-refractivity contribution < 1.29 is 4.79 Å². The number of rotatable bonds is 8. The second-order valence-corrected chi connectivity index (χ2v) is 5.52. The molecule has 0 saturated heterocycles. The predicted octanol–water partition coefficient (Wildman–Crippen LogP) is 2.49. The Morgan fingerprint density at radius 1 is 1.30 bits per heavy atom. The Morgan fingerprint density at radius 2 is 2.13 bits per heavy atom. The van der Waals surface area contributed by atoms with Gasteiger partial charge in [0, 0.05) is 38.2 Å². The Hall–Kier alpha value is -1.74. The van der Waals surface area contributed by atoms with Gasteiger partial charge in [0.1, 0.15) is 5.82 Å². The minimum atomic E-state index is -0.116. The Bertz CT molecular complexity index is 623. The van der Waals surface area contributed by atoms with E-state index in [9.17, 15) is 4.79 Å². The molecule has 0 bridgehead atoms. The van der Waals surface area contributed by atoms with E-state index in [1.54, 1.807) is 24.5 Å². The molecule has 0 atom stereocenters. The van der Waals surface area contributed by atoms with Gasteiger partial charge >= 0.3 is 0 Å². The van der Waals surface area contributed by atoms with Crippen LogP contribution >= 0.6 is 22.9 Å². The highest BCUT2D eigenvalue weighted by Crippen LogP contribution is 2.12. The van der Waals surface area contributed by atoms with Crippen LogP contribution in [0.15, 0.2) is 42.9 Å². The zero-order chi connectivity index (χ0) is 16.5. The van der Waals surface area contributed by atoms with Crippen LogP contribution in [0, 0.1) is 0 Å². The maximum absolute atomic E-state index is 12.2. The Kier molecular flexibility index (Phi) is 7.21. The number of carbonyl (C=O) groups is 1. The van der Waals surface area contributed by atoms with E-state index in [4.69, 9.17) is 0 Å². The molecule has 2 aromatic rings. The SMILES string of the molecule is CCN(CCNC(=O)c1cccnc1NI)Cc1cccnc1. The van der Waals surface area contributed by atoms with Crippen LogP contribution in [-0.2, 0) is 6.54 Å². The van der Waals surface area contributed by atoms with Gasteiger partial charge in [-0.3, -0.25) is 14.7 Å². The molecule has 23 heavy (non-hydrogen) atoms. The van der Waals surface area contributed by atoms with Crippen LogP contribution in [0.2, 0.25) is 0 Å². The van der Waals surface area contributed by atoms with Crippen LogP contribution < -0.4 is 8.85 Å². The number of pyridine rings is 2. The largest absolute Gasteiger partial charge is 0.351 e. The number of hydrogen-bond acceptors (Lipinski definition) is 5. The van der Waals surface area contributed by atoms with E-state index < -0.39 is 0 Å². The lowest BCUT2D eigenvalue weighted by Gasteiger charge is -2.20. The summed E-state index contributed by atoms with van der Waals surface area (Å²) in [6.07, 6.45) is 5.30. The van der Waals surface area contributed by atoms with Crippen molar-refractivity contribution in [3.63, 3.8) is 0 Å². The van der Waals surface area contributed by atoms with Crippen LogP contribution in [-0.4, -0.2) is 40.4 Å². The van der Waals surface area contributed by atoms with Gasteiger partial charge in [0.2, 0.25) is 0 Å². The van der Waals surface area contributed by atoms with Crippen molar-refractivity contribution >= 4 is 34.6 Å². The van der Waals surface area contributed by atoms with Crippen molar-refractivity contribution in [3.05, 3.63) is 54.0 Å². The molecule has 0 saturated carbocycles. The summed E-state index contributed by atoms with van der Waals surface area (Å²) in [5.74, 6) is 0.461. The topological polar surface area (TPSA) is 70.2 Å². The third-order valence-electron chi connectivity index (χ3n) is 3.43. The molecule has 7 heteroatoms. The van der Waals surface area contributed by atoms with E-state index in [2.05, 4.69) is 36.7 Å². The Labute approximate surface area is 150 Å². The zero-order valence-corrected chi connectivity index (χ0v) is 15.2. The molecule has 2 rings (SSSR count). The second kappa shape index (κ2) is 9.41. The summed E-state index contributed by atoms with van der Waals surface area (Å²) < 4.78 is 2.90. The first-order valence-electron chi connectivity index (χ1n) is 7.45. The Balaban J connectivity index is 1.84. The molecule has 0 spiro atoms. The second-order valence-electron chi connectivity index (χ2n) is 4.98. The molecular weight excluding hydrogens is 405 g/mol. The first kappa shape index (κ1) is 17.6. The number of aromatic nitrogens is 2. The molecule has 0 aliphatic carbocycles. The molecule has 6 nitrogen and oxygen atoms in total. The van der Waals surface area contributed by atoms with E-state index in [0.29, 0.717) is 17.9 Å². The number of carbonyl (C=O) groups excluding carboxylic acids is 1. The van der Waals surface area contributed by atoms with E-state index in [1.165, 1.54) is 5.56 Å². The lowest BCUT2D eigenvalue weighted by molar-refractivity contribution is 0.0949. The lowest BCUT2D eigenvalue weighted by atomic mass is 10.2. The fourth-order valence-electron chi connectivity index (χ4n) is 2.19. The van der Waals surface area contributed by atoms with Crippen molar-refractivity contribution in [1.29, 1.82) is 0 Å². The molecular formula is C16H20IN5O. The minimum Gasteiger partial charge on any atom is -0.351 e. The predicted molar refractivity (Wildman–Crippen MR) is 99.4 cm³/mol. The Morgan fingerprint density at radius 3 is 2.83 bits per heavy atom. The summed E-state index contributed by atoms with van der Waals surface area (Å²) in [4.78, 5) is 22.8. The van der Waals surface area contributed by atoms with Gasteiger partial charge < -0.3 is 8.85 Å². The van der Waals surface area contributed by atoms with Crippen LogP contribution in [0.4, 0.5) is 5.82 Å². The molecule has 2 heterocycles. The van der Waals surface area contributed by atoms with Crippen LogP contribution in [0.5, 0.6) is 0 Å². The summed E-state index contributed by atoms with van der Waals surface area (Å²) in [5.41, 5.74) is 1.72. The molecule has 0 radical (unpaired) electrons. The van der Waals surface area contributed by atoms with E-state index >= 15 is 0 Å². The standard InChI is InChI=1S/C16H20IN5O/c1-2-22(12-13-5-3-7-18-11-13)10-9-20-16(23)14-6-4-8-19-15(14)21-17/h3-8,11H,2,9-10,12H2,1H3,(H,19,21)(H,20,23). The summed E-state index contributed by atoms with van der Waals surface area (Å²) in [6.45, 7) is 5.22. The molecule has 0 aliphatic rings. The van der Waals surface area contributed by atoms with Crippen molar-refractivity contribution in [2.75, 3.05) is 23.2 Å². The van der Waals surface area contributed by atoms with Crippen LogP contribution in [0.3, 0.4) is 0 Å². The van der Waals surface area contributed by atoms with Gasteiger partial charge in [0.05, 0.1) is 28.4 Å². The number of amides is 1. The zero-order valence-electron chi connectivity index (χ0n) is 13.0. The van der Waals surface area contributed by atoms with Crippen molar-refractivity contribution in [2.45, 2.75) is 13.5 Å². The maximum atomic E-state index is 12.2. The highest BCUT2D eigenvalue weighted by molar-refractivity contribution is 14.1. The summed E-state index contributed by atoms with van der Waals surface area (Å²) >= 11 is 1.97. The van der Waals surface area contributed by atoms with Gasteiger partial charge in [0.25, 0.3) is 5.91 Å². The normalized spacial score (nSPS) is 10.6. The van der Waals surface area contributed by atoms with Crippen LogP contribution in [0.1, 0.15) is 22.8 Å². The number of nitrogens with zero attached hydrogens (tertiary/aromatic N) is 3. The van der Waals surface area contributed by atoms with E-state index in [-0.39, 0.29) is 5.91 Å². The minimum absolute atomic E-state index is 0.116. The quantitative estimate of drug-likeness (QED) is 0.503. The molecule has 1 amide bonds. The van der Waals surface area contributed by atoms with E-state index in [0.717, 1.165) is 19.6 Å². The molecule has 2 N–H and O–H groups in total. The molecule has 0 aromatic carbocycles. The fourth-order valence-corrected chi connectivity index (χ4v) is 2.62. The lowest BCUT2D eigenvalue weighted by Crippen LogP contribution is -2.34. The average molecular weight is 425 g/mol. The number of nitrogens with one attached hydrogen (secondary N) is 2. The number of halogens is 1. The van der Waals surface area contributed by atoms with Gasteiger partial charge in [-0.05, 0) is 30.3 Å². The van der Waals surface area contributed by atoms with Gasteiger partial charge in [-0.1, -0.05) is 13.0 Å². The van der Waals surface area contributed by atoms with E-state index in [1.807, 2.05) is 35.1 Å². The van der Waals surface area contributed by atoms with Crippen molar-refractivity contribution in [2.24, 2.45) is 0 Å². The van der Waals surface area contributed by atoms with Gasteiger partial charge in [-0.2, -0.15) is 0 Å². The first-order valence-corrected chi connectivity index (χ1v) is 8.53. The van der Waals surface area contributed by atoms with Crippen LogP contribution in [0.25, 0.3) is 0 Å². The number of likely N-dealkylation sites (N-methyl/N-ethyl adjacent to an activating group) is 1. The monoisotopic (exact) mass is 425 g/mol.